The van der Waals surface area contributed by atoms with Gasteiger partial charge in [0, 0.05) is 50.0 Å². The zero-order chi connectivity index (χ0) is 25.5. The van der Waals surface area contributed by atoms with Crippen molar-refractivity contribution in [3.63, 3.8) is 0 Å². The molecule has 10 heteroatoms. The second-order valence-electron chi connectivity index (χ2n) is 8.28. The number of nitro groups is 1. The molecule has 0 spiro atoms. The van der Waals surface area contributed by atoms with E-state index in [2.05, 4.69) is 33.9 Å². The third kappa shape index (κ3) is 7.12. The lowest BCUT2D eigenvalue weighted by molar-refractivity contribution is -0.384. The standard InChI is InChI=1S/C27H25F2N3O4.ClH/c28-27(29)36-24-13-12-23(32(34)35)19-22(24)11-14-25(33)30-15-17-31(18-16-30)26(20-7-3-1-4-8-20)21-9-5-2-6-10-21;/h1-14,19,26-27H,15-18H2;1H/b14-11+;. The Morgan fingerprint density at radius 1 is 0.919 bits per heavy atom. The van der Waals surface area contributed by atoms with Crippen LogP contribution in [0.2, 0.25) is 0 Å². The number of rotatable bonds is 8. The van der Waals surface area contributed by atoms with Crippen molar-refractivity contribution in [2.75, 3.05) is 26.2 Å². The maximum Gasteiger partial charge on any atom is 0.387 e. The number of benzene rings is 3. The van der Waals surface area contributed by atoms with Crippen LogP contribution in [0, 0.1) is 10.1 Å². The normalized spacial score (nSPS) is 14.1. The summed E-state index contributed by atoms with van der Waals surface area (Å²) >= 11 is 0. The maximum atomic E-state index is 12.8. The van der Waals surface area contributed by atoms with Crippen LogP contribution in [0.3, 0.4) is 0 Å². The molecule has 1 amide bonds. The highest BCUT2D eigenvalue weighted by Crippen LogP contribution is 2.30. The molecule has 0 saturated carbocycles. The van der Waals surface area contributed by atoms with Gasteiger partial charge in [-0.2, -0.15) is 8.78 Å². The van der Waals surface area contributed by atoms with E-state index in [4.69, 9.17) is 0 Å². The van der Waals surface area contributed by atoms with Crippen LogP contribution in [-0.2, 0) is 4.79 Å². The van der Waals surface area contributed by atoms with Gasteiger partial charge in [-0.25, -0.2) is 0 Å². The van der Waals surface area contributed by atoms with Gasteiger partial charge in [0.15, 0.2) is 0 Å². The van der Waals surface area contributed by atoms with Crippen LogP contribution in [0.4, 0.5) is 14.5 Å². The first kappa shape index (κ1) is 27.8. The molecule has 0 aliphatic carbocycles. The Morgan fingerprint density at radius 3 is 2.00 bits per heavy atom. The van der Waals surface area contributed by atoms with Crippen molar-refractivity contribution >= 4 is 30.1 Å². The Kier molecular flexibility index (Phi) is 9.71. The number of alkyl halides is 2. The minimum atomic E-state index is -3.09. The highest BCUT2D eigenvalue weighted by Gasteiger charge is 2.27. The molecule has 3 aromatic carbocycles. The maximum absolute atomic E-state index is 12.8. The largest absolute Gasteiger partial charge is 0.434 e. The van der Waals surface area contributed by atoms with E-state index in [1.54, 1.807) is 4.90 Å². The summed E-state index contributed by atoms with van der Waals surface area (Å²) in [7, 11) is 0. The monoisotopic (exact) mass is 529 g/mol. The topological polar surface area (TPSA) is 75.9 Å². The molecule has 7 nitrogen and oxygen atoms in total. The van der Waals surface area contributed by atoms with Crippen molar-refractivity contribution in [1.82, 2.24) is 9.80 Å². The smallest absolute Gasteiger partial charge is 0.387 e. The summed E-state index contributed by atoms with van der Waals surface area (Å²) in [6, 6.07) is 23.7. The van der Waals surface area contributed by atoms with Crippen LogP contribution in [0.15, 0.2) is 84.9 Å². The lowest BCUT2D eigenvalue weighted by Crippen LogP contribution is -2.49. The first-order chi connectivity index (χ1) is 17.4. The van der Waals surface area contributed by atoms with Gasteiger partial charge in [0.1, 0.15) is 5.75 Å². The summed E-state index contributed by atoms with van der Waals surface area (Å²) in [4.78, 5) is 27.3. The second-order valence-corrected chi connectivity index (χ2v) is 8.28. The average molecular weight is 530 g/mol. The van der Waals surface area contributed by atoms with Gasteiger partial charge in [0.25, 0.3) is 5.69 Å². The molecule has 0 unspecified atom stereocenters. The molecule has 194 valence electrons. The number of hydrogen-bond donors (Lipinski definition) is 0. The van der Waals surface area contributed by atoms with Gasteiger partial charge in [-0.15, -0.1) is 12.4 Å². The summed E-state index contributed by atoms with van der Waals surface area (Å²) < 4.78 is 29.9. The number of carbonyl (C=O) groups excluding carboxylic acids is 1. The number of non-ortho nitro benzene ring substituents is 1. The van der Waals surface area contributed by atoms with Gasteiger partial charge in [0.2, 0.25) is 5.91 Å². The number of nitrogens with zero attached hydrogens (tertiary/aromatic N) is 3. The zero-order valence-electron chi connectivity index (χ0n) is 19.8. The Balaban J connectivity index is 0.00000380. The van der Waals surface area contributed by atoms with Crippen LogP contribution >= 0.6 is 12.4 Å². The van der Waals surface area contributed by atoms with E-state index in [-0.39, 0.29) is 41.4 Å². The highest BCUT2D eigenvalue weighted by molar-refractivity contribution is 5.92. The fraction of sp³-hybridized carbons (Fsp3) is 0.222. The van der Waals surface area contributed by atoms with Crippen molar-refractivity contribution in [2.45, 2.75) is 12.7 Å². The van der Waals surface area contributed by atoms with Gasteiger partial charge >= 0.3 is 6.61 Å². The number of nitro benzene ring substituents is 1. The van der Waals surface area contributed by atoms with Gasteiger partial charge in [-0.1, -0.05) is 60.7 Å². The number of hydrogen-bond acceptors (Lipinski definition) is 5. The average Bonchev–Trinajstić information content (AvgIpc) is 2.89. The predicted octanol–water partition coefficient (Wildman–Crippen LogP) is 5.57. The molecule has 0 aromatic heterocycles. The molecule has 1 heterocycles. The van der Waals surface area contributed by atoms with Crippen LogP contribution in [-0.4, -0.2) is 53.4 Å². The van der Waals surface area contributed by atoms with E-state index in [9.17, 15) is 23.7 Å². The van der Waals surface area contributed by atoms with E-state index in [0.717, 1.165) is 18.2 Å². The number of amides is 1. The summed E-state index contributed by atoms with van der Waals surface area (Å²) in [5.41, 5.74) is 2.08. The molecular weight excluding hydrogens is 504 g/mol. The van der Waals surface area contributed by atoms with Gasteiger partial charge in [0.05, 0.1) is 11.0 Å². The quantitative estimate of drug-likeness (QED) is 0.217. The molecule has 0 N–H and O–H groups in total. The predicted molar refractivity (Wildman–Crippen MR) is 139 cm³/mol. The molecule has 3 aromatic rings. The van der Waals surface area contributed by atoms with Crippen molar-refractivity contribution < 1.29 is 23.2 Å². The van der Waals surface area contributed by atoms with Crippen LogP contribution < -0.4 is 4.74 Å². The SMILES string of the molecule is Cl.O=C(/C=C/c1cc([N+](=O)[O-])ccc1OC(F)F)N1CCN(C(c2ccccc2)c2ccccc2)CC1. The van der Waals surface area contributed by atoms with Gasteiger partial charge in [-0.05, 0) is 23.3 Å². The van der Waals surface area contributed by atoms with Crippen molar-refractivity contribution in [3.8, 4) is 5.75 Å². The molecule has 0 radical (unpaired) electrons. The van der Waals surface area contributed by atoms with Crippen molar-refractivity contribution in [2.24, 2.45) is 0 Å². The van der Waals surface area contributed by atoms with Crippen molar-refractivity contribution in [3.05, 3.63) is 112 Å². The second kappa shape index (κ2) is 12.9. The Morgan fingerprint density at radius 2 is 1.49 bits per heavy atom. The molecular formula is C27H26ClF2N3O4. The summed E-state index contributed by atoms with van der Waals surface area (Å²) in [6.07, 6.45) is 2.51. The number of halogens is 3. The molecule has 4 rings (SSSR count). The number of piperazine rings is 1. The lowest BCUT2D eigenvalue weighted by Gasteiger charge is -2.39. The summed E-state index contributed by atoms with van der Waals surface area (Å²) in [6.45, 7) is -0.844. The molecule has 1 saturated heterocycles. The van der Waals surface area contributed by atoms with E-state index in [0.29, 0.717) is 26.2 Å². The first-order valence-electron chi connectivity index (χ1n) is 11.5. The first-order valence-corrected chi connectivity index (χ1v) is 11.5. The fourth-order valence-electron chi connectivity index (χ4n) is 4.33. The van der Waals surface area contributed by atoms with Crippen LogP contribution in [0.5, 0.6) is 5.75 Å². The third-order valence-corrected chi connectivity index (χ3v) is 6.05. The number of ether oxygens (including phenoxy) is 1. The summed E-state index contributed by atoms with van der Waals surface area (Å²) in [5, 5.41) is 11.1. The Labute approximate surface area is 219 Å². The minimum Gasteiger partial charge on any atom is -0.434 e. The minimum absolute atomic E-state index is 0. The van der Waals surface area contributed by atoms with E-state index in [1.165, 1.54) is 23.3 Å². The molecule has 1 fully saturated rings. The lowest BCUT2D eigenvalue weighted by atomic mass is 9.96. The zero-order valence-corrected chi connectivity index (χ0v) is 20.6. The third-order valence-electron chi connectivity index (χ3n) is 6.05. The number of carbonyl (C=O) groups is 1. The van der Waals surface area contributed by atoms with Gasteiger partial charge < -0.3 is 9.64 Å². The fourth-order valence-corrected chi connectivity index (χ4v) is 4.33. The summed E-state index contributed by atoms with van der Waals surface area (Å²) in [5.74, 6) is -0.543. The molecule has 37 heavy (non-hydrogen) atoms. The van der Waals surface area contributed by atoms with E-state index >= 15 is 0 Å². The molecule has 0 bridgehead atoms. The molecule has 0 atom stereocenters. The van der Waals surface area contributed by atoms with Crippen LogP contribution in [0.25, 0.3) is 6.08 Å². The van der Waals surface area contributed by atoms with Crippen LogP contribution in [0.1, 0.15) is 22.7 Å². The highest BCUT2D eigenvalue weighted by atomic mass is 35.5. The van der Waals surface area contributed by atoms with E-state index in [1.807, 2.05) is 36.4 Å². The molecule has 1 aliphatic rings. The molecule has 1 aliphatic heterocycles. The Bertz CT molecular complexity index is 1180. The van der Waals surface area contributed by atoms with Crippen molar-refractivity contribution in [1.29, 1.82) is 0 Å². The van der Waals surface area contributed by atoms with E-state index < -0.39 is 11.5 Å². The Hall–Kier alpha value is -3.82. The van der Waals surface area contributed by atoms with Gasteiger partial charge in [-0.3, -0.25) is 19.8 Å².